The molecule has 16 heavy (non-hydrogen) atoms. The normalized spacial score (nSPS) is 21.2. The number of nitrogens with one attached hydrogen (secondary N) is 1. The van der Waals surface area contributed by atoms with Gasteiger partial charge in [0.25, 0.3) is 0 Å². The van der Waals surface area contributed by atoms with Crippen LogP contribution in [0.4, 0.5) is 0 Å². The molecule has 5 heteroatoms. The van der Waals surface area contributed by atoms with Gasteiger partial charge in [-0.1, -0.05) is 6.92 Å². The summed E-state index contributed by atoms with van der Waals surface area (Å²) in [6.07, 6.45) is 1.19. The van der Waals surface area contributed by atoms with Crippen molar-refractivity contribution in [2.24, 2.45) is 0 Å². The number of thiazole rings is 1. The molecule has 1 fully saturated rings. The Balaban J connectivity index is 1.85. The minimum absolute atomic E-state index is 0.642. The molecule has 0 aliphatic carbocycles. The molecule has 1 saturated heterocycles. The minimum atomic E-state index is 0.642. The van der Waals surface area contributed by atoms with E-state index in [1.165, 1.54) is 34.4 Å². The second kappa shape index (κ2) is 6.89. The van der Waals surface area contributed by atoms with Gasteiger partial charge in [0.1, 0.15) is 5.01 Å². The molecule has 2 rings (SSSR count). The van der Waals surface area contributed by atoms with E-state index >= 15 is 0 Å². The fraction of sp³-hybridized carbons (Fsp3) is 0.727. The molecular formula is C11H18N2S3. The third-order valence-corrected chi connectivity index (χ3v) is 6.31. The smallest absolute Gasteiger partial charge is 0.107 e. The van der Waals surface area contributed by atoms with Crippen LogP contribution in [0.3, 0.4) is 0 Å². The maximum atomic E-state index is 4.73. The van der Waals surface area contributed by atoms with Crippen molar-refractivity contribution >= 4 is 34.9 Å². The number of thioether (sulfide) groups is 2. The topological polar surface area (TPSA) is 24.9 Å². The molecule has 0 amide bonds. The molecule has 1 unspecified atom stereocenters. The van der Waals surface area contributed by atoms with Crippen LogP contribution in [-0.4, -0.2) is 28.8 Å². The quantitative estimate of drug-likeness (QED) is 0.834. The molecule has 0 spiro atoms. The van der Waals surface area contributed by atoms with E-state index in [-0.39, 0.29) is 0 Å². The fourth-order valence-corrected chi connectivity index (χ4v) is 5.40. The van der Waals surface area contributed by atoms with Crippen LogP contribution in [0.25, 0.3) is 0 Å². The van der Waals surface area contributed by atoms with Crippen molar-refractivity contribution in [3.05, 3.63) is 16.1 Å². The number of aromatic nitrogens is 1. The second-order valence-corrected chi connectivity index (χ2v) is 7.14. The summed E-state index contributed by atoms with van der Waals surface area (Å²) in [6, 6.07) is 0. The highest BCUT2D eigenvalue weighted by Crippen LogP contribution is 2.37. The first-order valence-corrected chi connectivity index (χ1v) is 8.83. The Morgan fingerprint density at radius 2 is 2.44 bits per heavy atom. The first-order valence-electron chi connectivity index (χ1n) is 5.74. The highest BCUT2D eigenvalue weighted by molar-refractivity contribution is 8.06. The molecule has 1 aliphatic heterocycles. The van der Waals surface area contributed by atoms with E-state index in [0.717, 1.165) is 13.1 Å². The number of nitrogens with zero attached hydrogens (tertiary/aromatic N) is 1. The van der Waals surface area contributed by atoms with Gasteiger partial charge in [0.2, 0.25) is 0 Å². The summed E-state index contributed by atoms with van der Waals surface area (Å²) in [7, 11) is 0. The molecule has 1 aromatic rings. The van der Waals surface area contributed by atoms with E-state index in [4.69, 9.17) is 4.98 Å². The average Bonchev–Trinajstić information content (AvgIpc) is 2.79. The molecule has 90 valence electrons. The van der Waals surface area contributed by atoms with E-state index in [1.54, 1.807) is 0 Å². The van der Waals surface area contributed by atoms with Gasteiger partial charge >= 0.3 is 0 Å². The van der Waals surface area contributed by atoms with Crippen molar-refractivity contribution in [3.8, 4) is 0 Å². The van der Waals surface area contributed by atoms with Gasteiger partial charge < -0.3 is 5.32 Å². The fourth-order valence-electron chi connectivity index (χ4n) is 1.58. The summed E-state index contributed by atoms with van der Waals surface area (Å²) in [4.78, 5) is 4.73. The van der Waals surface area contributed by atoms with Gasteiger partial charge in [-0.25, -0.2) is 4.98 Å². The first-order chi connectivity index (χ1) is 7.90. The standard InChI is InChI=1S/C11H18N2S3/c1-2-3-12-6-9-7-16-11(13-9)10-8-14-4-5-15-10/h7,10,12H,2-6,8H2,1H3. The summed E-state index contributed by atoms with van der Waals surface area (Å²) >= 11 is 5.95. The molecule has 1 atom stereocenters. The Morgan fingerprint density at radius 3 is 3.19 bits per heavy atom. The molecule has 0 saturated carbocycles. The number of hydrogen-bond donors (Lipinski definition) is 1. The Bertz CT molecular complexity index is 308. The van der Waals surface area contributed by atoms with E-state index < -0.39 is 0 Å². The highest BCUT2D eigenvalue weighted by atomic mass is 32.2. The molecule has 1 aliphatic rings. The monoisotopic (exact) mass is 274 g/mol. The Kier molecular flexibility index (Phi) is 5.48. The third kappa shape index (κ3) is 3.65. The Hall–Kier alpha value is 0.290. The van der Waals surface area contributed by atoms with Gasteiger partial charge in [0, 0.05) is 29.2 Å². The van der Waals surface area contributed by atoms with Gasteiger partial charge in [-0.05, 0) is 13.0 Å². The van der Waals surface area contributed by atoms with Crippen LogP contribution in [0.1, 0.15) is 29.3 Å². The van der Waals surface area contributed by atoms with Crippen LogP contribution < -0.4 is 5.32 Å². The zero-order chi connectivity index (χ0) is 11.2. The highest BCUT2D eigenvalue weighted by Gasteiger charge is 2.19. The molecule has 2 heterocycles. The van der Waals surface area contributed by atoms with Crippen LogP contribution in [0.2, 0.25) is 0 Å². The van der Waals surface area contributed by atoms with Crippen molar-refractivity contribution in [2.75, 3.05) is 23.8 Å². The van der Waals surface area contributed by atoms with Gasteiger partial charge in [-0.15, -0.1) is 23.1 Å². The Labute approximate surface area is 110 Å². The van der Waals surface area contributed by atoms with Gasteiger partial charge in [0.15, 0.2) is 0 Å². The Morgan fingerprint density at radius 1 is 1.50 bits per heavy atom. The molecular weight excluding hydrogens is 256 g/mol. The number of rotatable bonds is 5. The van der Waals surface area contributed by atoms with E-state index in [1.807, 2.05) is 11.3 Å². The van der Waals surface area contributed by atoms with Crippen LogP contribution in [-0.2, 0) is 6.54 Å². The first kappa shape index (κ1) is 12.7. The largest absolute Gasteiger partial charge is 0.311 e. The molecule has 1 N–H and O–H groups in total. The lowest BCUT2D eigenvalue weighted by Crippen LogP contribution is -2.14. The SMILES string of the molecule is CCCNCc1csc(C2CSCCS2)n1. The summed E-state index contributed by atoms with van der Waals surface area (Å²) in [5.41, 5.74) is 1.21. The van der Waals surface area contributed by atoms with Crippen molar-refractivity contribution in [2.45, 2.75) is 25.1 Å². The van der Waals surface area contributed by atoms with Crippen molar-refractivity contribution < 1.29 is 0 Å². The third-order valence-electron chi connectivity index (χ3n) is 2.39. The average molecular weight is 274 g/mol. The van der Waals surface area contributed by atoms with Crippen LogP contribution in [0.15, 0.2) is 5.38 Å². The number of hydrogen-bond acceptors (Lipinski definition) is 5. The van der Waals surface area contributed by atoms with E-state index in [0.29, 0.717) is 5.25 Å². The molecule has 1 aromatic heterocycles. The van der Waals surface area contributed by atoms with Gasteiger partial charge in [-0.3, -0.25) is 0 Å². The summed E-state index contributed by atoms with van der Waals surface area (Å²) in [5.74, 6) is 3.82. The van der Waals surface area contributed by atoms with E-state index in [2.05, 4.69) is 41.1 Å². The minimum Gasteiger partial charge on any atom is -0.311 e. The second-order valence-electron chi connectivity index (χ2n) is 3.79. The van der Waals surface area contributed by atoms with Gasteiger partial charge in [0.05, 0.1) is 10.9 Å². The van der Waals surface area contributed by atoms with Crippen LogP contribution in [0, 0.1) is 0 Å². The van der Waals surface area contributed by atoms with Gasteiger partial charge in [-0.2, -0.15) is 11.8 Å². The zero-order valence-corrected chi connectivity index (χ0v) is 12.0. The maximum Gasteiger partial charge on any atom is 0.107 e. The lowest BCUT2D eigenvalue weighted by Gasteiger charge is -2.18. The van der Waals surface area contributed by atoms with Crippen molar-refractivity contribution in [1.29, 1.82) is 0 Å². The molecule has 0 aromatic carbocycles. The van der Waals surface area contributed by atoms with Crippen molar-refractivity contribution in [3.63, 3.8) is 0 Å². The predicted octanol–water partition coefficient (Wildman–Crippen LogP) is 3.16. The lowest BCUT2D eigenvalue weighted by atomic mass is 10.4. The molecule has 0 radical (unpaired) electrons. The van der Waals surface area contributed by atoms with Crippen LogP contribution in [0.5, 0.6) is 0 Å². The molecule has 2 nitrogen and oxygen atoms in total. The maximum absolute atomic E-state index is 4.73. The van der Waals surface area contributed by atoms with E-state index in [9.17, 15) is 0 Å². The predicted molar refractivity (Wildman–Crippen MR) is 76.6 cm³/mol. The lowest BCUT2D eigenvalue weighted by molar-refractivity contribution is 0.665. The van der Waals surface area contributed by atoms with Crippen LogP contribution >= 0.6 is 34.9 Å². The summed E-state index contributed by atoms with van der Waals surface area (Å²) < 4.78 is 0. The summed E-state index contributed by atoms with van der Waals surface area (Å²) in [5, 5.41) is 7.57. The van der Waals surface area contributed by atoms with Crippen molar-refractivity contribution in [1.82, 2.24) is 10.3 Å². The molecule has 0 bridgehead atoms. The zero-order valence-electron chi connectivity index (χ0n) is 9.57. The summed E-state index contributed by atoms with van der Waals surface area (Å²) in [6.45, 7) is 4.20.